The van der Waals surface area contributed by atoms with E-state index in [1.807, 2.05) is 0 Å². The lowest BCUT2D eigenvalue weighted by Crippen LogP contribution is -2.25. The summed E-state index contributed by atoms with van der Waals surface area (Å²) in [5.41, 5.74) is 3.35. The van der Waals surface area contributed by atoms with E-state index >= 15 is 0 Å². The number of nitrogens with one attached hydrogen (secondary N) is 2. The van der Waals surface area contributed by atoms with Crippen molar-refractivity contribution in [3.05, 3.63) is 76.4 Å². The molecule has 2 heterocycles. The summed E-state index contributed by atoms with van der Waals surface area (Å²) in [6, 6.07) is 11.7. The highest BCUT2D eigenvalue weighted by Gasteiger charge is 2.11. The predicted octanol–water partition coefficient (Wildman–Crippen LogP) is 4.33. The van der Waals surface area contributed by atoms with Crippen LogP contribution in [0.1, 0.15) is 44.4 Å². The Morgan fingerprint density at radius 1 is 1.18 bits per heavy atom. The van der Waals surface area contributed by atoms with E-state index < -0.39 is 0 Å². The van der Waals surface area contributed by atoms with E-state index in [0.29, 0.717) is 25.3 Å². The number of carbonyl (C=O) groups is 2. The average molecular weight is 463 g/mol. The maximum absolute atomic E-state index is 12.9. The lowest BCUT2D eigenvalue weighted by atomic mass is 10.0. The molecule has 0 saturated heterocycles. The van der Waals surface area contributed by atoms with Crippen molar-refractivity contribution < 1.29 is 9.59 Å². The molecule has 0 bridgehead atoms. The molecule has 2 aromatic heterocycles. The summed E-state index contributed by atoms with van der Waals surface area (Å²) in [6.07, 6.45) is 7.46. The number of hydrogen-bond donors (Lipinski definition) is 2. The van der Waals surface area contributed by atoms with Gasteiger partial charge in [0, 0.05) is 37.9 Å². The molecule has 180 valence electrons. The first-order valence-electron chi connectivity index (χ1n) is 11.7. The quantitative estimate of drug-likeness (QED) is 0.347. The second-order valence-corrected chi connectivity index (χ2v) is 9.20. The van der Waals surface area contributed by atoms with Gasteiger partial charge in [-0.25, -0.2) is 0 Å². The van der Waals surface area contributed by atoms with Gasteiger partial charge in [0.05, 0.1) is 6.54 Å². The Bertz CT molecular complexity index is 1230. The van der Waals surface area contributed by atoms with Crippen LogP contribution in [0.15, 0.2) is 59.5 Å². The average Bonchev–Trinajstić information content (AvgIpc) is 3.19. The number of aromatic nitrogens is 2. The molecular formula is C27H34N4O3. The zero-order chi connectivity index (χ0) is 24.7. The van der Waals surface area contributed by atoms with Crippen LogP contribution in [0.2, 0.25) is 0 Å². The molecular weight excluding hydrogens is 428 g/mol. The fraction of sp³-hybridized carbons (Fsp3) is 0.370. The second-order valence-electron chi connectivity index (χ2n) is 9.20. The van der Waals surface area contributed by atoms with Gasteiger partial charge >= 0.3 is 0 Å². The molecule has 34 heavy (non-hydrogen) atoms. The van der Waals surface area contributed by atoms with Gasteiger partial charge in [0.15, 0.2) is 0 Å². The molecule has 0 aliphatic heterocycles. The van der Waals surface area contributed by atoms with Crippen molar-refractivity contribution in [3.8, 4) is 0 Å². The van der Waals surface area contributed by atoms with Crippen LogP contribution in [-0.4, -0.2) is 40.4 Å². The molecule has 0 unspecified atom stereocenters. The number of pyridine rings is 1. The number of para-hydroxylation sites is 1. The Hall–Kier alpha value is -3.61. The highest BCUT2D eigenvalue weighted by Crippen LogP contribution is 2.22. The van der Waals surface area contributed by atoms with Crippen LogP contribution in [0.3, 0.4) is 0 Å². The number of rotatable bonds is 10. The summed E-state index contributed by atoms with van der Waals surface area (Å²) < 4.78 is 1.60. The fourth-order valence-electron chi connectivity index (χ4n) is 3.84. The summed E-state index contributed by atoms with van der Waals surface area (Å²) in [6.45, 7) is 4.79. The van der Waals surface area contributed by atoms with E-state index in [4.69, 9.17) is 0 Å². The van der Waals surface area contributed by atoms with Gasteiger partial charge in [0.2, 0.25) is 11.8 Å². The molecule has 0 aliphatic carbocycles. The molecule has 1 aromatic carbocycles. The zero-order valence-corrected chi connectivity index (χ0v) is 20.4. The second kappa shape index (κ2) is 11.5. The topological polar surface area (TPSA) is 87.2 Å². The number of amides is 2. The van der Waals surface area contributed by atoms with Crippen LogP contribution in [0.5, 0.6) is 0 Å². The number of anilines is 1. The van der Waals surface area contributed by atoms with E-state index in [2.05, 4.69) is 48.4 Å². The number of aromatic amines is 1. The summed E-state index contributed by atoms with van der Waals surface area (Å²) in [5.74, 6) is 0.253. The lowest BCUT2D eigenvalue weighted by molar-refractivity contribution is -0.123. The van der Waals surface area contributed by atoms with Gasteiger partial charge in [-0.05, 0) is 60.4 Å². The Balaban J connectivity index is 1.63. The lowest BCUT2D eigenvalue weighted by Gasteiger charge is -2.09. The SMILES string of the molecule is CC(C)Cc1cccc2cc(Cn3cccc(NC(=O)CCC/C=C/C(=O)N(C)C)c3=O)[nH]c12. The van der Waals surface area contributed by atoms with E-state index in [-0.39, 0.29) is 29.5 Å². The van der Waals surface area contributed by atoms with Crippen molar-refractivity contribution in [3.63, 3.8) is 0 Å². The van der Waals surface area contributed by atoms with Crippen molar-refractivity contribution in [1.82, 2.24) is 14.5 Å². The molecule has 7 heteroatoms. The van der Waals surface area contributed by atoms with Crippen molar-refractivity contribution in [1.29, 1.82) is 0 Å². The highest BCUT2D eigenvalue weighted by atomic mass is 16.2. The number of carbonyl (C=O) groups excluding carboxylic acids is 2. The minimum atomic E-state index is -0.242. The fourth-order valence-corrected chi connectivity index (χ4v) is 3.84. The standard InChI is InChI=1S/C27H34N4O3/c1-19(2)16-20-10-8-11-21-17-22(28-26(20)21)18-31-15-9-12-23(27(31)34)29-24(32)13-6-5-7-14-25(33)30(3)4/h7-12,14-15,17,19,28H,5-6,13,16,18H2,1-4H3,(H,29,32)/b14-7+. The van der Waals surface area contributed by atoms with Crippen LogP contribution in [0.4, 0.5) is 5.69 Å². The van der Waals surface area contributed by atoms with Gasteiger partial charge in [0.1, 0.15) is 5.69 Å². The molecule has 0 aliphatic rings. The number of benzene rings is 1. The van der Waals surface area contributed by atoms with Crippen molar-refractivity contribution in [2.45, 2.75) is 46.1 Å². The van der Waals surface area contributed by atoms with Gasteiger partial charge in [-0.3, -0.25) is 14.4 Å². The van der Waals surface area contributed by atoms with Crippen molar-refractivity contribution in [2.24, 2.45) is 5.92 Å². The Kier molecular flexibility index (Phi) is 8.46. The largest absolute Gasteiger partial charge is 0.357 e. The van der Waals surface area contributed by atoms with Crippen LogP contribution in [0.25, 0.3) is 10.9 Å². The molecule has 3 rings (SSSR count). The number of likely N-dealkylation sites (N-methyl/N-ethyl adjacent to an activating group) is 1. The van der Waals surface area contributed by atoms with Crippen molar-refractivity contribution >= 4 is 28.4 Å². The third kappa shape index (κ3) is 6.70. The smallest absolute Gasteiger partial charge is 0.274 e. The summed E-state index contributed by atoms with van der Waals surface area (Å²) >= 11 is 0. The molecule has 0 spiro atoms. The highest BCUT2D eigenvalue weighted by molar-refractivity contribution is 5.90. The minimum Gasteiger partial charge on any atom is -0.357 e. The van der Waals surface area contributed by atoms with Crippen LogP contribution < -0.4 is 10.9 Å². The number of hydrogen-bond acceptors (Lipinski definition) is 3. The van der Waals surface area contributed by atoms with E-state index in [1.165, 1.54) is 16.5 Å². The third-order valence-electron chi connectivity index (χ3n) is 5.54. The van der Waals surface area contributed by atoms with Gasteiger partial charge in [-0.1, -0.05) is 38.1 Å². The molecule has 0 atom stereocenters. The number of nitrogens with zero attached hydrogens (tertiary/aromatic N) is 2. The van der Waals surface area contributed by atoms with Crippen molar-refractivity contribution in [2.75, 3.05) is 19.4 Å². The van der Waals surface area contributed by atoms with E-state index in [9.17, 15) is 14.4 Å². The van der Waals surface area contributed by atoms with Crippen LogP contribution >= 0.6 is 0 Å². The minimum absolute atomic E-state index is 0.0830. The predicted molar refractivity (Wildman–Crippen MR) is 137 cm³/mol. The molecule has 2 amide bonds. The maximum atomic E-state index is 12.9. The molecule has 3 aromatic rings. The van der Waals surface area contributed by atoms with E-state index in [0.717, 1.165) is 23.0 Å². The zero-order valence-electron chi connectivity index (χ0n) is 20.4. The molecule has 2 N–H and O–H groups in total. The molecule has 0 saturated carbocycles. The van der Waals surface area contributed by atoms with Gasteiger partial charge < -0.3 is 19.8 Å². The van der Waals surface area contributed by atoms with Gasteiger partial charge in [-0.2, -0.15) is 0 Å². The Morgan fingerprint density at radius 3 is 2.71 bits per heavy atom. The Labute approximate surface area is 200 Å². The van der Waals surface area contributed by atoms with E-state index in [1.54, 1.807) is 43.1 Å². The molecule has 0 fully saturated rings. The molecule has 0 radical (unpaired) electrons. The van der Waals surface area contributed by atoms with Gasteiger partial charge in [-0.15, -0.1) is 0 Å². The summed E-state index contributed by atoms with van der Waals surface area (Å²) in [4.78, 5) is 41.7. The number of H-pyrrole nitrogens is 1. The Morgan fingerprint density at radius 2 is 1.97 bits per heavy atom. The van der Waals surface area contributed by atoms with Crippen LogP contribution in [-0.2, 0) is 22.6 Å². The first-order chi connectivity index (χ1) is 16.2. The van der Waals surface area contributed by atoms with Gasteiger partial charge in [0.25, 0.3) is 5.56 Å². The molecule has 7 nitrogen and oxygen atoms in total. The normalized spacial score (nSPS) is 11.4. The summed E-state index contributed by atoms with van der Waals surface area (Å²) in [7, 11) is 3.38. The van der Waals surface area contributed by atoms with Crippen LogP contribution in [0, 0.1) is 5.92 Å². The number of unbranched alkanes of at least 4 members (excludes halogenated alkanes) is 1. The summed E-state index contributed by atoms with van der Waals surface area (Å²) in [5, 5.41) is 3.86. The monoisotopic (exact) mass is 462 g/mol. The first-order valence-corrected chi connectivity index (χ1v) is 11.7. The third-order valence-corrected chi connectivity index (χ3v) is 5.54. The number of fused-ring (bicyclic) bond motifs is 1. The number of allylic oxidation sites excluding steroid dienone is 1. The first kappa shape index (κ1) is 25.0. The maximum Gasteiger partial charge on any atom is 0.274 e.